The van der Waals surface area contributed by atoms with Crippen molar-refractivity contribution in [3.8, 4) is 0 Å². The van der Waals surface area contributed by atoms with E-state index in [0.717, 1.165) is 25.7 Å². The van der Waals surface area contributed by atoms with Crippen molar-refractivity contribution in [2.75, 3.05) is 0 Å². The third kappa shape index (κ3) is 47.8. The van der Waals surface area contributed by atoms with Crippen LogP contribution in [0.5, 0.6) is 0 Å². The number of carboxylic acids is 1. The monoisotopic (exact) mass is 559 g/mol. The first-order valence-corrected chi connectivity index (χ1v) is 16.7. The van der Waals surface area contributed by atoms with E-state index in [0.29, 0.717) is 6.42 Å². The van der Waals surface area contributed by atoms with Crippen molar-refractivity contribution in [1.82, 2.24) is 0 Å². The Morgan fingerprint density at radius 1 is 0.487 bits per heavy atom. The Morgan fingerprint density at radius 3 is 1.08 bits per heavy atom. The van der Waals surface area contributed by atoms with Gasteiger partial charge in [-0.1, -0.05) is 154 Å². The summed E-state index contributed by atoms with van der Waals surface area (Å²) in [5.41, 5.74) is 5.09. The summed E-state index contributed by atoms with van der Waals surface area (Å²) in [5, 5.41) is 10.2. The van der Waals surface area contributed by atoms with Crippen molar-refractivity contribution in [2.24, 2.45) is 5.73 Å². The molecule has 0 aliphatic heterocycles. The van der Waals surface area contributed by atoms with Crippen LogP contribution in [0, 0.1) is 0 Å². The standard InChI is InChI=1S/C18H34O2.C16H33NO.Na/c1-2-3-4-5-6-7-8-9-10-11-12-13-14-15-16-17-18(19)20;1-2-3-4-5-6-7-8-9-10-11-12-13-14-15-16(17)18;/h9-10H,2-8,11-17H2,1H3,(H,19,20);2-15H2,1H3,(H2,17,18);/q;;+1/p-1/b10-9-;;. The summed E-state index contributed by atoms with van der Waals surface area (Å²) in [7, 11) is 0. The smallest absolute Gasteiger partial charge is 0.550 e. The quantitative estimate of drug-likeness (QED) is 0.0626. The molecule has 39 heavy (non-hydrogen) atoms. The van der Waals surface area contributed by atoms with Crippen LogP contribution in [0.15, 0.2) is 12.2 Å². The van der Waals surface area contributed by atoms with Gasteiger partial charge in [0.1, 0.15) is 0 Å². The van der Waals surface area contributed by atoms with Crippen molar-refractivity contribution < 1.29 is 44.3 Å². The molecular weight excluding hydrogens is 493 g/mol. The number of hydrogen-bond acceptors (Lipinski definition) is 3. The molecule has 0 spiro atoms. The van der Waals surface area contributed by atoms with Crippen molar-refractivity contribution in [2.45, 2.75) is 194 Å². The zero-order valence-electron chi connectivity index (χ0n) is 26.8. The fraction of sp³-hybridized carbons (Fsp3) is 0.882. The Balaban J connectivity index is -0.000000651. The number of rotatable bonds is 29. The molecule has 2 N–H and O–H groups in total. The van der Waals surface area contributed by atoms with Gasteiger partial charge in [0.15, 0.2) is 0 Å². The first kappa shape index (κ1) is 43.1. The summed E-state index contributed by atoms with van der Waals surface area (Å²) in [6.45, 7) is 4.52. The first-order valence-electron chi connectivity index (χ1n) is 16.7. The molecule has 0 fully saturated rings. The maximum Gasteiger partial charge on any atom is 1.00 e. The Labute approximate surface area is 266 Å². The second-order valence-electron chi connectivity index (χ2n) is 11.2. The molecule has 0 rings (SSSR count). The van der Waals surface area contributed by atoms with E-state index in [1.54, 1.807) is 0 Å². The van der Waals surface area contributed by atoms with E-state index in [1.165, 1.54) is 141 Å². The van der Waals surface area contributed by atoms with Gasteiger partial charge >= 0.3 is 29.6 Å². The Morgan fingerprint density at radius 2 is 0.769 bits per heavy atom. The molecule has 0 aromatic heterocycles. The van der Waals surface area contributed by atoms with Gasteiger partial charge in [0, 0.05) is 12.4 Å². The number of primary amides is 1. The average Bonchev–Trinajstić information content (AvgIpc) is 2.89. The number of allylic oxidation sites excluding steroid dienone is 2. The maximum atomic E-state index is 10.5. The average molecular weight is 560 g/mol. The minimum Gasteiger partial charge on any atom is -0.550 e. The number of aliphatic carboxylic acids is 1. The third-order valence-corrected chi connectivity index (χ3v) is 7.17. The number of carboxylic acid groups (broad SMARTS) is 1. The van der Waals surface area contributed by atoms with Crippen molar-refractivity contribution >= 4 is 11.9 Å². The van der Waals surface area contributed by atoms with E-state index in [4.69, 9.17) is 5.73 Å². The Bertz CT molecular complexity index is 511. The molecular formula is C34H66NNaO3. The molecule has 5 heteroatoms. The zero-order chi connectivity index (χ0) is 28.4. The second kappa shape index (κ2) is 39.8. The molecule has 0 aromatic rings. The fourth-order valence-electron chi connectivity index (χ4n) is 4.66. The molecule has 0 atom stereocenters. The number of hydrogen-bond donors (Lipinski definition) is 1. The van der Waals surface area contributed by atoms with Crippen molar-refractivity contribution in [1.29, 1.82) is 0 Å². The normalized spacial score (nSPS) is 10.7. The molecule has 226 valence electrons. The predicted molar refractivity (Wildman–Crippen MR) is 164 cm³/mol. The van der Waals surface area contributed by atoms with Gasteiger partial charge in [-0.05, 0) is 44.9 Å². The Hall–Kier alpha value is -0.320. The van der Waals surface area contributed by atoms with Gasteiger partial charge in [-0.2, -0.15) is 0 Å². The number of carbonyl (C=O) groups excluding carboxylic acids is 2. The molecule has 0 radical (unpaired) electrons. The number of nitrogens with two attached hydrogens (primary N) is 1. The van der Waals surface area contributed by atoms with Crippen LogP contribution in [0.2, 0.25) is 0 Å². The first-order chi connectivity index (χ1) is 18.5. The summed E-state index contributed by atoms with van der Waals surface area (Å²) in [4.78, 5) is 20.7. The molecule has 0 aliphatic rings. The molecule has 4 nitrogen and oxygen atoms in total. The van der Waals surface area contributed by atoms with Crippen LogP contribution in [-0.4, -0.2) is 11.9 Å². The van der Waals surface area contributed by atoms with Crippen LogP contribution in [0.25, 0.3) is 0 Å². The Kier molecular flexibility index (Phi) is 44.0. The van der Waals surface area contributed by atoms with E-state index in [-0.39, 0.29) is 41.9 Å². The molecule has 0 aliphatic carbocycles. The van der Waals surface area contributed by atoms with E-state index < -0.39 is 5.97 Å². The topological polar surface area (TPSA) is 83.2 Å². The van der Waals surface area contributed by atoms with Crippen LogP contribution >= 0.6 is 0 Å². The fourth-order valence-corrected chi connectivity index (χ4v) is 4.66. The summed E-state index contributed by atoms with van der Waals surface area (Å²) >= 11 is 0. The summed E-state index contributed by atoms with van der Waals surface area (Å²) in [5.74, 6) is -1.07. The van der Waals surface area contributed by atoms with E-state index in [2.05, 4.69) is 26.0 Å². The summed E-state index contributed by atoms with van der Waals surface area (Å²) in [6, 6.07) is 0. The summed E-state index contributed by atoms with van der Waals surface area (Å²) in [6.07, 6.45) is 38.8. The molecule has 0 bridgehead atoms. The van der Waals surface area contributed by atoms with Gasteiger partial charge in [-0.15, -0.1) is 0 Å². The van der Waals surface area contributed by atoms with Gasteiger partial charge in [0.25, 0.3) is 0 Å². The van der Waals surface area contributed by atoms with Gasteiger partial charge in [-0.3, -0.25) is 4.79 Å². The number of amides is 1. The molecule has 0 heterocycles. The maximum absolute atomic E-state index is 10.5. The van der Waals surface area contributed by atoms with Crippen LogP contribution in [0.1, 0.15) is 194 Å². The van der Waals surface area contributed by atoms with E-state index in [1.807, 2.05) is 0 Å². The predicted octanol–water partition coefficient (Wildman–Crippen LogP) is 6.73. The van der Waals surface area contributed by atoms with Gasteiger partial charge in [0.05, 0.1) is 0 Å². The molecule has 0 aromatic carbocycles. The van der Waals surface area contributed by atoms with Crippen LogP contribution in [0.4, 0.5) is 0 Å². The zero-order valence-corrected chi connectivity index (χ0v) is 28.8. The van der Waals surface area contributed by atoms with Gasteiger partial charge in [-0.25, -0.2) is 0 Å². The van der Waals surface area contributed by atoms with Gasteiger partial charge in [0.2, 0.25) is 5.91 Å². The third-order valence-electron chi connectivity index (χ3n) is 7.17. The second-order valence-corrected chi connectivity index (χ2v) is 11.2. The minimum absolute atomic E-state index is 0. The summed E-state index contributed by atoms with van der Waals surface area (Å²) < 4.78 is 0. The number of unbranched alkanes of at least 4 members (excludes halogenated alkanes) is 23. The molecule has 1 amide bonds. The van der Waals surface area contributed by atoms with Crippen molar-refractivity contribution in [3.63, 3.8) is 0 Å². The van der Waals surface area contributed by atoms with Gasteiger partial charge < -0.3 is 15.6 Å². The SMILES string of the molecule is CCCCCCCC/C=C\CCCCCCCC(=O)[O-].CCCCCCCCCCCCCCCC(N)=O.[Na+]. The number of carbonyl (C=O) groups is 2. The molecule has 0 unspecified atom stereocenters. The van der Waals surface area contributed by atoms with E-state index in [9.17, 15) is 14.7 Å². The van der Waals surface area contributed by atoms with Crippen LogP contribution < -0.4 is 40.4 Å². The van der Waals surface area contributed by atoms with Crippen LogP contribution in [0.3, 0.4) is 0 Å². The van der Waals surface area contributed by atoms with E-state index >= 15 is 0 Å². The minimum atomic E-state index is -0.914. The molecule has 0 saturated carbocycles. The molecule has 0 saturated heterocycles. The van der Waals surface area contributed by atoms with Crippen LogP contribution in [-0.2, 0) is 9.59 Å². The van der Waals surface area contributed by atoms with Crippen molar-refractivity contribution in [3.05, 3.63) is 12.2 Å². The largest absolute Gasteiger partial charge is 1.00 e.